The molecule has 0 saturated heterocycles. The number of carbonyl (C=O) groups is 1. The normalized spacial score (nSPS) is 12.5. The Bertz CT molecular complexity index is 369. The molecule has 0 bridgehead atoms. The van der Waals surface area contributed by atoms with Gasteiger partial charge in [0.2, 0.25) is 0 Å². The summed E-state index contributed by atoms with van der Waals surface area (Å²) in [5.41, 5.74) is 0.267. The molecule has 1 atom stereocenters. The van der Waals surface area contributed by atoms with Gasteiger partial charge in [0.15, 0.2) is 0 Å². The first-order valence-corrected chi connectivity index (χ1v) is 5.17. The smallest absolute Gasteiger partial charge is 0.310 e. The molecule has 1 unspecified atom stereocenters. The van der Waals surface area contributed by atoms with Gasteiger partial charge in [0.05, 0.1) is 10.4 Å². The van der Waals surface area contributed by atoms with Crippen LogP contribution in [-0.2, 0) is 4.79 Å². The van der Waals surface area contributed by atoms with Crippen LogP contribution < -0.4 is 0 Å². The Balaban J connectivity index is 3.20. The quantitative estimate of drug-likeness (QED) is 0.893. The zero-order chi connectivity index (χ0) is 11.6. The molecule has 1 aromatic rings. The van der Waals surface area contributed by atoms with E-state index in [-0.39, 0.29) is 15.8 Å². The van der Waals surface area contributed by atoms with E-state index in [1.165, 1.54) is 6.07 Å². The summed E-state index contributed by atoms with van der Waals surface area (Å²) in [5.74, 6) is -2.77. The van der Waals surface area contributed by atoms with Gasteiger partial charge >= 0.3 is 5.97 Å². The molecule has 0 saturated carbocycles. The summed E-state index contributed by atoms with van der Waals surface area (Å²) in [5, 5.41) is 18.2. The highest BCUT2D eigenvalue weighted by atomic mass is 79.9. The van der Waals surface area contributed by atoms with E-state index in [9.17, 15) is 14.3 Å². The Hall–Kier alpha value is -1.10. The molecule has 0 heterocycles. The number of phenolic OH excluding ortho intramolecular Hbond substituents is 1. The maximum Gasteiger partial charge on any atom is 0.310 e. The molecule has 0 fully saturated rings. The van der Waals surface area contributed by atoms with Crippen molar-refractivity contribution < 1.29 is 19.4 Å². The van der Waals surface area contributed by atoms with E-state index < -0.39 is 17.7 Å². The van der Waals surface area contributed by atoms with E-state index in [0.29, 0.717) is 6.42 Å². The molecular weight excluding hydrogens is 267 g/mol. The minimum absolute atomic E-state index is 0.0495. The average molecular weight is 277 g/mol. The predicted octanol–water partition coefficient (Wildman–Crippen LogP) is 2.87. The summed E-state index contributed by atoms with van der Waals surface area (Å²) in [7, 11) is 0. The summed E-state index contributed by atoms with van der Waals surface area (Å²) < 4.78 is 13.2. The van der Waals surface area contributed by atoms with Gasteiger partial charge in [-0.2, -0.15) is 0 Å². The fourth-order valence-corrected chi connectivity index (χ4v) is 1.58. The molecule has 0 aliphatic heterocycles. The molecule has 2 N–H and O–H groups in total. The van der Waals surface area contributed by atoms with E-state index in [4.69, 9.17) is 5.11 Å². The van der Waals surface area contributed by atoms with Crippen molar-refractivity contribution in [1.29, 1.82) is 0 Å². The average Bonchev–Trinajstić information content (AvgIpc) is 2.14. The third-order valence-electron chi connectivity index (χ3n) is 2.14. The summed E-state index contributed by atoms with van der Waals surface area (Å²) in [6, 6.07) is 2.38. The van der Waals surface area contributed by atoms with Gasteiger partial charge in [0.25, 0.3) is 0 Å². The molecule has 0 aliphatic rings. The van der Waals surface area contributed by atoms with E-state index in [0.717, 1.165) is 6.07 Å². The van der Waals surface area contributed by atoms with Crippen LogP contribution in [0.1, 0.15) is 24.8 Å². The highest BCUT2D eigenvalue weighted by Gasteiger charge is 2.20. The number of rotatable bonds is 3. The number of halogens is 2. The molecule has 5 heteroatoms. The monoisotopic (exact) mass is 276 g/mol. The van der Waals surface area contributed by atoms with Crippen LogP contribution in [0.15, 0.2) is 16.6 Å². The molecule has 0 spiro atoms. The Morgan fingerprint density at radius 3 is 2.60 bits per heavy atom. The lowest BCUT2D eigenvalue weighted by Gasteiger charge is -2.11. The fourth-order valence-electron chi connectivity index (χ4n) is 1.35. The van der Waals surface area contributed by atoms with Crippen molar-refractivity contribution in [2.45, 2.75) is 19.3 Å². The van der Waals surface area contributed by atoms with E-state index in [2.05, 4.69) is 15.9 Å². The SMILES string of the molecule is CCC(C(=O)O)c1cc(O)c(Br)c(F)c1. The van der Waals surface area contributed by atoms with Gasteiger partial charge in [0.1, 0.15) is 11.6 Å². The van der Waals surface area contributed by atoms with Crippen LogP contribution in [0.4, 0.5) is 4.39 Å². The number of aromatic hydroxyl groups is 1. The lowest BCUT2D eigenvalue weighted by atomic mass is 9.96. The van der Waals surface area contributed by atoms with Crippen molar-refractivity contribution in [3.63, 3.8) is 0 Å². The van der Waals surface area contributed by atoms with Crippen LogP contribution in [0.25, 0.3) is 0 Å². The standard InChI is InChI=1S/C10H10BrFO3/c1-2-6(10(14)15)5-3-7(12)9(11)8(13)4-5/h3-4,6,13H,2H2,1H3,(H,14,15). The lowest BCUT2D eigenvalue weighted by molar-refractivity contribution is -0.138. The third-order valence-corrected chi connectivity index (χ3v) is 2.93. The number of carboxylic acids is 1. The van der Waals surface area contributed by atoms with Crippen molar-refractivity contribution in [3.05, 3.63) is 28.0 Å². The zero-order valence-electron chi connectivity index (χ0n) is 8.00. The Kier molecular flexibility index (Phi) is 3.68. The molecule has 82 valence electrons. The van der Waals surface area contributed by atoms with Gasteiger partial charge in [-0.05, 0) is 40.0 Å². The number of aliphatic carboxylic acids is 1. The number of carboxylic acid groups (broad SMARTS) is 1. The van der Waals surface area contributed by atoms with Gasteiger partial charge in [-0.1, -0.05) is 6.92 Å². The Morgan fingerprint density at radius 2 is 2.20 bits per heavy atom. The third kappa shape index (κ3) is 2.47. The van der Waals surface area contributed by atoms with Crippen LogP contribution in [0.2, 0.25) is 0 Å². The summed E-state index contributed by atoms with van der Waals surface area (Å²) in [6.07, 6.45) is 0.343. The van der Waals surface area contributed by atoms with Crippen molar-refractivity contribution in [2.24, 2.45) is 0 Å². The van der Waals surface area contributed by atoms with E-state index in [1.54, 1.807) is 6.92 Å². The second-order valence-corrected chi connectivity index (χ2v) is 3.93. The minimum atomic E-state index is -1.03. The number of hydrogen-bond acceptors (Lipinski definition) is 2. The number of phenols is 1. The molecule has 1 rings (SSSR count). The van der Waals surface area contributed by atoms with E-state index in [1.807, 2.05) is 0 Å². The molecular formula is C10H10BrFO3. The maximum atomic E-state index is 13.2. The van der Waals surface area contributed by atoms with Crippen molar-refractivity contribution in [1.82, 2.24) is 0 Å². The minimum Gasteiger partial charge on any atom is -0.507 e. The maximum absolute atomic E-state index is 13.2. The van der Waals surface area contributed by atoms with Gasteiger partial charge < -0.3 is 10.2 Å². The van der Waals surface area contributed by atoms with Crippen LogP contribution in [0.3, 0.4) is 0 Å². The molecule has 0 amide bonds. The Labute approximate surface area is 94.7 Å². The predicted molar refractivity (Wildman–Crippen MR) is 56.4 cm³/mol. The molecule has 1 aromatic carbocycles. The van der Waals surface area contributed by atoms with Crippen LogP contribution in [0.5, 0.6) is 5.75 Å². The van der Waals surface area contributed by atoms with Crippen molar-refractivity contribution >= 4 is 21.9 Å². The molecule has 3 nitrogen and oxygen atoms in total. The highest BCUT2D eigenvalue weighted by Crippen LogP contribution is 2.32. The highest BCUT2D eigenvalue weighted by molar-refractivity contribution is 9.10. The summed E-state index contributed by atoms with van der Waals surface area (Å²) >= 11 is 2.85. The zero-order valence-corrected chi connectivity index (χ0v) is 9.58. The number of benzene rings is 1. The first-order valence-electron chi connectivity index (χ1n) is 4.38. The van der Waals surface area contributed by atoms with Crippen molar-refractivity contribution in [2.75, 3.05) is 0 Å². The first kappa shape index (κ1) is 12.0. The lowest BCUT2D eigenvalue weighted by Crippen LogP contribution is -2.10. The van der Waals surface area contributed by atoms with Gasteiger partial charge in [0, 0.05) is 0 Å². The topological polar surface area (TPSA) is 57.5 Å². The number of hydrogen-bond donors (Lipinski definition) is 2. The van der Waals surface area contributed by atoms with Crippen molar-refractivity contribution in [3.8, 4) is 5.75 Å². The molecule has 0 aliphatic carbocycles. The second-order valence-electron chi connectivity index (χ2n) is 3.13. The first-order chi connectivity index (χ1) is 6.97. The molecule has 0 aromatic heterocycles. The second kappa shape index (κ2) is 4.61. The summed E-state index contributed by atoms with van der Waals surface area (Å²) in [6.45, 7) is 1.69. The van der Waals surface area contributed by atoms with Crippen LogP contribution in [-0.4, -0.2) is 16.2 Å². The van der Waals surface area contributed by atoms with E-state index >= 15 is 0 Å². The molecule has 0 radical (unpaired) electrons. The van der Waals surface area contributed by atoms with Crippen LogP contribution in [0, 0.1) is 5.82 Å². The fraction of sp³-hybridized carbons (Fsp3) is 0.300. The Morgan fingerprint density at radius 1 is 1.60 bits per heavy atom. The van der Waals surface area contributed by atoms with Gasteiger partial charge in [-0.15, -0.1) is 0 Å². The summed E-state index contributed by atoms with van der Waals surface area (Å²) in [4.78, 5) is 10.8. The van der Waals surface area contributed by atoms with Crippen LogP contribution >= 0.6 is 15.9 Å². The largest absolute Gasteiger partial charge is 0.507 e. The van der Waals surface area contributed by atoms with Gasteiger partial charge in [-0.25, -0.2) is 4.39 Å². The van der Waals surface area contributed by atoms with Gasteiger partial charge in [-0.3, -0.25) is 4.79 Å². The molecule has 15 heavy (non-hydrogen) atoms.